The zero-order valence-corrected chi connectivity index (χ0v) is 15.5. The Hall–Kier alpha value is -3.19. The van der Waals surface area contributed by atoms with Crippen LogP contribution in [0, 0.1) is 5.82 Å². The third-order valence-electron chi connectivity index (χ3n) is 5.24. The van der Waals surface area contributed by atoms with Crippen LogP contribution in [0.3, 0.4) is 0 Å². The Balaban J connectivity index is 1.51. The van der Waals surface area contributed by atoms with Crippen molar-refractivity contribution in [2.45, 2.75) is 0 Å². The molecular weight excluding hydrogens is 357 g/mol. The van der Waals surface area contributed by atoms with E-state index in [1.807, 2.05) is 47.0 Å². The maximum absolute atomic E-state index is 15.1. The number of aromatic nitrogens is 3. The molecule has 1 aliphatic heterocycles. The molecule has 7 heteroatoms. The first-order valence-electron chi connectivity index (χ1n) is 9.30. The molecule has 3 aromatic heterocycles. The predicted molar refractivity (Wildman–Crippen MR) is 109 cm³/mol. The van der Waals surface area contributed by atoms with Crippen molar-refractivity contribution in [3.05, 3.63) is 54.6 Å². The molecule has 5 rings (SSSR count). The van der Waals surface area contributed by atoms with Gasteiger partial charge in [0.15, 0.2) is 5.82 Å². The number of nitrogens with one attached hydrogen (secondary N) is 1. The second-order valence-electron chi connectivity index (χ2n) is 6.88. The van der Waals surface area contributed by atoms with E-state index in [1.165, 1.54) is 0 Å². The SMILES string of the molecule is Cn1c2ccncc2c2ccc(Nc3cccc(N4CCOCC4)c3F)nc21. The summed E-state index contributed by atoms with van der Waals surface area (Å²) in [5, 5.41) is 5.22. The van der Waals surface area contributed by atoms with Crippen LogP contribution in [0.15, 0.2) is 48.8 Å². The van der Waals surface area contributed by atoms with Crippen LogP contribution in [0.25, 0.3) is 21.9 Å². The van der Waals surface area contributed by atoms with E-state index in [0.29, 0.717) is 43.5 Å². The first-order valence-corrected chi connectivity index (χ1v) is 9.30. The zero-order chi connectivity index (χ0) is 19.1. The van der Waals surface area contributed by atoms with Crippen molar-refractivity contribution in [2.75, 3.05) is 36.5 Å². The number of nitrogens with zero attached hydrogens (tertiary/aromatic N) is 4. The fourth-order valence-electron chi connectivity index (χ4n) is 3.79. The Bertz CT molecular complexity index is 1170. The van der Waals surface area contributed by atoms with Gasteiger partial charge in [0.05, 0.1) is 30.1 Å². The number of halogens is 1. The highest BCUT2D eigenvalue weighted by molar-refractivity contribution is 6.06. The zero-order valence-electron chi connectivity index (χ0n) is 15.5. The average Bonchev–Trinajstić information content (AvgIpc) is 3.02. The lowest BCUT2D eigenvalue weighted by molar-refractivity contribution is 0.122. The summed E-state index contributed by atoms with van der Waals surface area (Å²) in [6.45, 7) is 2.61. The van der Waals surface area contributed by atoms with E-state index in [2.05, 4.69) is 10.3 Å². The van der Waals surface area contributed by atoms with Crippen molar-refractivity contribution in [3.8, 4) is 0 Å². The molecule has 1 N–H and O–H groups in total. The van der Waals surface area contributed by atoms with Crippen LogP contribution in [-0.2, 0) is 11.8 Å². The van der Waals surface area contributed by atoms with Gasteiger partial charge >= 0.3 is 0 Å². The molecule has 1 fully saturated rings. The van der Waals surface area contributed by atoms with Crippen LogP contribution in [0.1, 0.15) is 0 Å². The molecule has 1 saturated heterocycles. The molecule has 0 spiro atoms. The second kappa shape index (κ2) is 6.76. The minimum Gasteiger partial charge on any atom is -0.378 e. The normalized spacial score (nSPS) is 14.7. The summed E-state index contributed by atoms with van der Waals surface area (Å²) in [4.78, 5) is 10.9. The van der Waals surface area contributed by atoms with E-state index in [1.54, 1.807) is 18.3 Å². The van der Waals surface area contributed by atoms with Gasteiger partial charge < -0.3 is 19.5 Å². The third kappa shape index (κ3) is 2.75. The molecule has 0 aliphatic carbocycles. The molecule has 28 heavy (non-hydrogen) atoms. The molecule has 0 amide bonds. The van der Waals surface area contributed by atoms with Crippen molar-refractivity contribution in [2.24, 2.45) is 7.05 Å². The predicted octanol–water partition coefficient (Wildman–Crippen LogP) is 3.84. The van der Waals surface area contributed by atoms with Crippen molar-refractivity contribution in [3.63, 3.8) is 0 Å². The summed E-state index contributed by atoms with van der Waals surface area (Å²) in [6, 6.07) is 11.2. The lowest BCUT2D eigenvalue weighted by Gasteiger charge is -2.29. The van der Waals surface area contributed by atoms with Gasteiger partial charge in [-0.15, -0.1) is 0 Å². The third-order valence-corrected chi connectivity index (χ3v) is 5.24. The topological polar surface area (TPSA) is 55.2 Å². The molecule has 0 atom stereocenters. The fourth-order valence-corrected chi connectivity index (χ4v) is 3.79. The molecule has 4 heterocycles. The van der Waals surface area contributed by atoms with Gasteiger partial charge in [-0.3, -0.25) is 4.98 Å². The molecule has 1 aromatic carbocycles. The summed E-state index contributed by atoms with van der Waals surface area (Å²) in [5.41, 5.74) is 2.90. The Kier molecular flexibility index (Phi) is 4.09. The number of anilines is 3. The summed E-state index contributed by atoms with van der Waals surface area (Å²) >= 11 is 0. The van der Waals surface area contributed by atoms with Gasteiger partial charge in [-0.05, 0) is 30.3 Å². The van der Waals surface area contributed by atoms with E-state index < -0.39 is 0 Å². The highest BCUT2D eigenvalue weighted by Gasteiger charge is 2.18. The Morgan fingerprint density at radius 2 is 1.93 bits per heavy atom. The smallest absolute Gasteiger partial charge is 0.169 e. The van der Waals surface area contributed by atoms with Gasteiger partial charge in [0.25, 0.3) is 0 Å². The minimum atomic E-state index is -0.271. The standard InChI is InChI=1S/C21H20FN5O/c1-26-17-7-8-23-13-15(17)14-5-6-19(25-21(14)26)24-16-3-2-4-18(20(16)22)27-9-11-28-12-10-27/h2-8,13H,9-12H2,1H3,(H,24,25). The van der Waals surface area contributed by atoms with Gasteiger partial charge in [0.1, 0.15) is 11.5 Å². The first-order chi connectivity index (χ1) is 13.7. The number of morpholine rings is 1. The Morgan fingerprint density at radius 3 is 2.79 bits per heavy atom. The molecule has 6 nitrogen and oxygen atoms in total. The van der Waals surface area contributed by atoms with Crippen molar-refractivity contribution < 1.29 is 9.13 Å². The molecule has 1 aliphatic rings. The van der Waals surface area contributed by atoms with E-state index in [-0.39, 0.29) is 5.82 Å². The molecule has 0 saturated carbocycles. The number of benzene rings is 1. The van der Waals surface area contributed by atoms with E-state index in [9.17, 15) is 0 Å². The Morgan fingerprint density at radius 1 is 1.07 bits per heavy atom. The molecule has 4 aromatic rings. The van der Waals surface area contributed by atoms with E-state index >= 15 is 4.39 Å². The number of hydrogen-bond donors (Lipinski definition) is 1. The fraction of sp³-hybridized carbons (Fsp3) is 0.238. The van der Waals surface area contributed by atoms with Crippen LogP contribution in [0.2, 0.25) is 0 Å². The van der Waals surface area contributed by atoms with Crippen molar-refractivity contribution in [1.82, 2.24) is 14.5 Å². The molecular formula is C21H20FN5O. The summed E-state index contributed by atoms with van der Waals surface area (Å²) in [6.07, 6.45) is 3.62. The molecule has 0 unspecified atom stereocenters. The number of ether oxygens (including phenoxy) is 1. The van der Waals surface area contributed by atoms with Crippen LogP contribution in [-0.4, -0.2) is 40.8 Å². The highest BCUT2D eigenvalue weighted by atomic mass is 19.1. The number of fused-ring (bicyclic) bond motifs is 3. The van der Waals surface area contributed by atoms with Gasteiger partial charge in [-0.25, -0.2) is 9.37 Å². The second-order valence-corrected chi connectivity index (χ2v) is 6.88. The van der Waals surface area contributed by atoms with Gasteiger partial charge in [0, 0.05) is 43.3 Å². The number of hydrogen-bond acceptors (Lipinski definition) is 5. The molecule has 0 radical (unpaired) electrons. The number of aryl methyl sites for hydroxylation is 1. The molecule has 0 bridgehead atoms. The van der Waals surface area contributed by atoms with E-state index in [0.717, 1.165) is 21.9 Å². The van der Waals surface area contributed by atoms with Crippen LogP contribution < -0.4 is 10.2 Å². The Labute approximate surface area is 161 Å². The number of pyridine rings is 2. The average molecular weight is 377 g/mol. The van der Waals surface area contributed by atoms with Crippen molar-refractivity contribution >= 4 is 39.1 Å². The van der Waals surface area contributed by atoms with E-state index in [4.69, 9.17) is 9.72 Å². The summed E-state index contributed by atoms with van der Waals surface area (Å²) < 4.78 is 22.5. The highest BCUT2D eigenvalue weighted by Crippen LogP contribution is 2.31. The monoisotopic (exact) mass is 377 g/mol. The number of rotatable bonds is 3. The maximum atomic E-state index is 15.1. The van der Waals surface area contributed by atoms with Crippen LogP contribution in [0.4, 0.5) is 21.6 Å². The van der Waals surface area contributed by atoms with Gasteiger partial charge in [-0.1, -0.05) is 6.07 Å². The minimum absolute atomic E-state index is 0.271. The quantitative estimate of drug-likeness (QED) is 0.588. The van der Waals surface area contributed by atoms with Gasteiger partial charge in [0.2, 0.25) is 0 Å². The van der Waals surface area contributed by atoms with Crippen LogP contribution in [0.5, 0.6) is 0 Å². The molecule has 142 valence electrons. The largest absolute Gasteiger partial charge is 0.378 e. The summed E-state index contributed by atoms with van der Waals surface area (Å²) in [5.74, 6) is 0.330. The maximum Gasteiger partial charge on any atom is 0.169 e. The lowest BCUT2D eigenvalue weighted by Crippen LogP contribution is -2.36. The lowest BCUT2D eigenvalue weighted by atomic mass is 10.2. The summed E-state index contributed by atoms with van der Waals surface area (Å²) in [7, 11) is 1.97. The first kappa shape index (κ1) is 16.9. The van der Waals surface area contributed by atoms with Gasteiger partial charge in [-0.2, -0.15) is 0 Å². The van der Waals surface area contributed by atoms with Crippen LogP contribution >= 0.6 is 0 Å². The van der Waals surface area contributed by atoms with Crippen molar-refractivity contribution in [1.29, 1.82) is 0 Å².